The number of aliphatic imine (C=N–C) groups is 1. The van der Waals surface area contributed by atoms with E-state index in [1.165, 1.54) is 18.2 Å². The highest BCUT2D eigenvalue weighted by Gasteiger charge is 2.35. The van der Waals surface area contributed by atoms with Gasteiger partial charge in [-0.05, 0) is 42.9 Å². The van der Waals surface area contributed by atoms with Crippen LogP contribution in [-0.4, -0.2) is 70.2 Å². The minimum atomic E-state index is -4.91. The Labute approximate surface area is 217 Å². The van der Waals surface area contributed by atoms with E-state index in [4.69, 9.17) is 22.1 Å². The lowest BCUT2D eigenvalue weighted by Crippen LogP contribution is -2.28. The third-order valence-corrected chi connectivity index (χ3v) is 7.70. The molecule has 2 aromatic rings. The Bertz CT molecular complexity index is 1240. The maximum Gasteiger partial charge on any atom is 0.432 e. The van der Waals surface area contributed by atoms with Crippen LogP contribution >= 0.6 is 22.9 Å². The highest BCUT2D eigenvalue weighted by atomic mass is 35.5. The molecule has 36 heavy (non-hydrogen) atoms. The number of rotatable bonds is 11. The van der Waals surface area contributed by atoms with Crippen LogP contribution < -0.4 is 5.73 Å². The number of carbonyl (C=O) groups is 1. The van der Waals surface area contributed by atoms with E-state index in [2.05, 4.69) is 4.99 Å². The predicted molar refractivity (Wildman–Crippen MR) is 136 cm³/mol. The molecule has 13 heteroatoms. The van der Waals surface area contributed by atoms with Gasteiger partial charge in [-0.15, -0.1) is 11.3 Å². The number of halogens is 4. The van der Waals surface area contributed by atoms with E-state index in [9.17, 15) is 26.4 Å². The van der Waals surface area contributed by atoms with Gasteiger partial charge in [-0.2, -0.15) is 13.2 Å². The number of nitrogens with two attached hydrogens (primary N) is 1. The first kappa shape index (κ1) is 29.8. The van der Waals surface area contributed by atoms with Gasteiger partial charge >= 0.3 is 12.1 Å². The number of thiophene rings is 1. The Balaban J connectivity index is 2.37. The van der Waals surface area contributed by atoms with Crippen molar-refractivity contribution >= 4 is 44.5 Å². The number of hydrogen-bond donors (Lipinski definition) is 1. The second-order valence-electron chi connectivity index (χ2n) is 7.60. The van der Waals surface area contributed by atoms with Crippen LogP contribution in [0, 0.1) is 0 Å². The minimum Gasteiger partial charge on any atom is -0.463 e. The molecule has 0 spiro atoms. The van der Waals surface area contributed by atoms with Crippen LogP contribution in [-0.2, 0) is 19.4 Å². The molecular weight excluding hydrogens is 539 g/mol. The van der Waals surface area contributed by atoms with Gasteiger partial charge in [0.1, 0.15) is 18.8 Å². The summed E-state index contributed by atoms with van der Waals surface area (Å²) < 4.78 is 68.6. The molecule has 2 rings (SSSR count). The van der Waals surface area contributed by atoms with Gasteiger partial charge in [0.2, 0.25) is 0 Å². The van der Waals surface area contributed by atoms with Crippen molar-refractivity contribution in [1.82, 2.24) is 4.90 Å². The lowest BCUT2D eigenvalue weighted by Gasteiger charge is -2.17. The molecule has 0 aliphatic carbocycles. The third-order valence-electron chi connectivity index (χ3n) is 5.07. The topological polar surface area (TPSA) is 102 Å². The summed E-state index contributed by atoms with van der Waals surface area (Å²) in [7, 11) is -3.46. The number of sulfone groups is 1. The zero-order valence-corrected chi connectivity index (χ0v) is 22.3. The highest BCUT2D eigenvalue weighted by Crippen LogP contribution is 2.34. The Hall–Kier alpha value is -2.41. The normalized spacial score (nSPS) is 13.6. The molecule has 1 aromatic carbocycles. The molecule has 0 aliphatic heterocycles. The molecule has 0 amide bonds. The van der Waals surface area contributed by atoms with Crippen molar-refractivity contribution < 1.29 is 31.1 Å². The molecule has 0 aliphatic rings. The van der Waals surface area contributed by atoms with Gasteiger partial charge in [-0.3, -0.25) is 9.79 Å². The number of ether oxygens (including phenoxy) is 1. The maximum atomic E-state index is 13.2. The molecule has 0 saturated heterocycles. The number of benzene rings is 1. The van der Waals surface area contributed by atoms with Gasteiger partial charge < -0.3 is 15.4 Å². The highest BCUT2D eigenvalue weighted by molar-refractivity contribution is 7.90. The SMILES string of the molecule is CCN(CC)CCOC(=O)CN=C(C(Cl)=C(N)C(F)(F)F)c1ccc(-c2cccc(S(C)(=O)=O)c2)s1. The summed E-state index contributed by atoms with van der Waals surface area (Å²) in [6.07, 6.45) is -3.84. The first-order valence-corrected chi connectivity index (χ1v) is 13.9. The lowest BCUT2D eigenvalue weighted by atomic mass is 10.2. The molecule has 0 saturated carbocycles. The minimum absolute atomic E-state index is 0.0931. The number of alkyl halides is 3. The molecule has 2 N–H and O–H groups in total. The Kier molecular flexibility index (Phi) is 10.5. The van der Waals surface area contributed by atoms with Crippen molar-refractivity contribution in [3.63, 3.8) is 0 Å². The van der Waals surface area contributed by atoms with Crippen molar-refractivity contribution in [2.75, 3.05) is 39.0 Å². The molecule has 0 radical (unpaired) electrons. The van der Waals surface area contributed by atoms with Crippen LogP contribution in [0.15, 0.2) is 57.0 Å². The van der Waals surface area contributed by atoms with Crippen LogP contribution in [0.3, 0.4) is 0 Å². The molecule has 1 aromatic heterocycles. The summed E-state index contributed by atoms with van der Waals surface area (Å²) in [5.74, 6) is -0.729. The maximum absolute atomic E-state index is 13.2. The van der Waals surface area contributed by atoms with Crippen molar-refractivity contribution in [3.8, 4) is 10.4 Å². The number of nitrogens with zero attached hydrogens (tertiary/aromatic N) is 2. The summed E-state index contributed by atoms with van der Waals surface area (Å²) >= 11 is 7.02. The van der Waals surface area contributed by atoms with Crippen molar-refractivity contribution in [2.24, 2.45) is 10.7 Å². The Morgan fingerprint density at radius 3 is 2.44 bits per heavy atom. The van der Waals surface area contributed by atoms with Crippen molar-refractivity contribution in [3.05, 3.63) is 52.0 Å². The van der Waals surface area contributed by atoms with Crippen LogP contribution in [0.25, 0.3) is 10.4 Å². The first-order chi connectivity index (χ1) is 16.8. The molecule has 0 atom stereocenters. The van der Waals surface area contributed by atoms with Gasteiger partial charge in [0.15, 0.2) is 9.84 Å². The Morgan fingerprint density at radius 2 is 1.86 bits per heavy atom. The second kappa shape index (κ2) is 12.7. The van der Waals surface area contributed by atoms with Crippen molar-refractivity contribution in [2.45, 2.75) is 24.9 Å². The largest absolute Gasteiger partial charge is 0.463 e. The number of allylic oxidation sites excluding steroid dienone is 2. The van der Waals surface area contributed by atoms with Crippen molar-refractivity contribution in [1.29, 1.82) is 0 Å². The average molecular weight is 566 g/mol. The van der Waals surface area contributed by atoms with Gasteiger partial charge in [0, 0.05) is 17.7 Å². The lowest BCUT2D eigenvalue weighted by molar-refractivity contribution is -0.142. The molecule has 0 bridgehead atoms. The zero-order valence-electron chi connectivity index (χ0n) is 19.9. The van der Waals surface area contributed by atoms with Gasteiger partial charge in [0.05, 0.1) is 20.5 Å². The van der Waals surface area contributed by atoms with E-state index in [1.54, 1.807) is 18.2 Å². The summed E-state index contributed by atoms with van der Waals surface area (Å²) in [6.45, 7) is 5.55. The fraction of sp³-hybridized carbons (Fsp3) is 0.391. The molecule has 7 nitrogen and oxygen atoms in total. The van der Waals surface area contributed by atoms with Crippen LogP contribution in [0.2, 0.25) is 0 Å². The average Bonchev–Trinajstić information content (AvgIpc) is 3.30. The number of carbonyl (C=O) groups excluding carboxylic acids is 1. The molecule has 0 fully saturated rings. The summed E-state index contributed by atoms with van der Waals surface area (Å²) in [5, 5.41) is -0.850. The van der Waals surface area contributed by atoms with E-state index in [-0.39, 0.29) is 22.1 Å². The molecule has 198 valence electrons. The molecule has 1 heterocycles. The van der Waals surface area contributed by atoms with Gasteiger partial charge in [-0.1, -0.05) is 37.6 Å². The quantitative estimate of drug-likeness (QED) is 0.319. The fourth-order valence-corrected chi connectivity index (χ4v) is 5.03. The van der Waals surface area contributed by atoms with Crippen LogP contribution in [0.4, 0.5) is 13.2 Å². The molecule has 0 unspecified atom stereocenters. The summed E-state index contributed by atoms with van der Waals surface area (Å²) in [5.41, 5.74) is 3.90. The van der Waals surface area contributed by atoms with E-state index < -0.39 is 39.3 Å². The number of esters is 1. The van der Waals surface area contributed by atoms with Crippen LogP contribution in [0.5, 0.6) is 0 Å². The predicted octanol–water partition coefficient (Wildman–Crippen LogP) is 4.46. The Morgan fingerprint density at radius 1 is 1.19 bits per heavy atom. The second-order valence-corrected chi connectivity index (χ2v) is 11.1. The van der Waals surface area contributed by atoms with E-state index in [0.29, 0.717) is 17.0 Å². The summed E-state index contributed by atoms with van der Waals surface area (Å²) in [4.78, 5) is 19.1. The molecular formula is C23H27ClF3N3O4S2. The zero-order chi connectivity index (χ0) is 27.1. The number of hydrogen-bond acceptors (Lipinski definition) is 8. The monoisotopic (exact) mass is 565 g/mol. The summed E-state index contributed by atoms with van der Waals surface area (Å²) in [6, 6.07) is 9.18. The third kappa shape index (κ3) is 8.32. The fourth-order valence-electron chi connectivity index (χ4n) is 3.03. The standard InChI is InChI=1S/C23H27ClF3N3O4S2/c1-4-30(5-2)11-12-34-19(31)14-29-21(20(24)22(28)23(25,26)27)18-10-9-17(35-18)15-7-6-8-16(13-15)36(3,32)33/h6-10,13H,4-5,11-12,14,28H2,1-3H3. The van der Waals surface area contributed by atoms with E-state index in [1.807, 2.05) is 18.7 Å². The van der Waals surface area contributed by atoms with E-state index in [0.717, 1.165) is 30.7 Å². The van der Waals surface area contributed by atoms with Gasteiger partial charge in [0.25, 0.3) is 0 Å². The first-order valence-electron chi connectivity index (χ1n) is 10.8. The van der Waals surface area contributed by atoms with Crippen LogP contribution in [0.1, 0.15) is 18.7 Å². The number of likely N-dealkylation sites (N-methyl/N-ethyl adjacent to an activating group) is 1. The van der Waals surface area contributed by atoms with E-state index >= 15 is 0 Å². The van der Waals surface area contributed by atoms with Gasteiger partial charge in [-0.25, -0.2) is 8.42 Å². The smallest absolute Gasteiger partial charge is 0.432 e.